The first-order valence-electron chi connectivity index (χ1n) is 3.03. The monoisotopic (exact) mass is 160 g/mol. The Morgan fingerprint density at radius 3 is 2.09 bits per heavy atom. The number of halogens is 1. The maximum Gasteiger partial charge on any atom is 0.311 e. The molecule has 4 heteroatoms. The van der Waals surface area contributed by atoms with Crippen molar-refractivity contribution in [1.29, 1.82) is 0 Å². The number of carboxylic acids is 1. The molecule has 0 atom stereocenters. The van der Waals surface area contributed by atoms with E-state index in [9.17, 15) is 14.0 Å². The number of hydrogen-bond donors (Lipinski definition) is 1. The van der Waals surface area contributed by atoms with E-state index >= 15 is 0 Å². The van der Waals surface area contributed by atoms with E-state index < -0.39 is 24.0 Å². The smallest absolute Gasteiger partial charge is 0.311 e. The number of Topliss-reactive ketones (excluding diaryl/α,β-unsaturated/α-hetero) is 1. The third-order valence-corrected chi connectivity index (χ3v) is 0.996. The van der Waals surface area contributed by atoms with Crippen molar-refractivity contribution in [2.45, 2.75) is 20.3 Å². The lowest BCUT2D eigenvalue weighted by Gasteiger charge is -1.94. The lowest BCUT2D eigenvalue weighted by atomic mass is 10.2. The van der Waals surface area contributed by atoms with Crippen LogP contribution in [0.1, 0.15) is 20.3 Å². The molecule has 0 aromatic rings. The van der Waals surface area contributed by atoms with Gasteiger partial charge in [0.15, 0.2) is 5.83 Å². The summed E-state index contributed by atoms with van der Waals surface area (Å²) in [6.07, 6.45) is -0.781. The molecule has 0 fully saturated rings. The molecule has 0 saturated carbocycles. The molecular weight excluding hydrogens is 151 g/mol. The van der Waals surface area contributed by atoms with E-state index in [1.807, 2.05) is 0 Å². The Labute approximate surface area is 63.5 Å². The van der Waals surface area contributed by atoms with E-state index in [1.54, 1.807) is 0 Å². The van der Waals surface area contributed by atoms with Gasteiger partial charge in [0.25, 0.3) is 0 Å². The zero-order valence-electron chi connectivity index (χ0n) is 6.35. The summed E-state index contributed by atoms with van der Waals surface area (Å²) in [5.74, 6) is -3.24. The van der Waals surface area contributed by atoms with E-state index in [1.165, 1.54) is 13.8 Å². The van der Waals surface area contributed by atoms with Gasteiger partial charge in [0.1, 0.15) is 6.42 Å². The molecule has 0 aliphatic carbocycles. The van der Waals surface area contributed by atoms with E-state index in [2.05, 4.69) is 0 Å². The average Bonchev–Trinajstić information content (AvgIpc) is 1.84. The first-order chi connectivity index (χ1) is 4.95. The molecule has 11 heavy (non-hydrogen) atoms. The van der Waals surface area contributed by atoms with Gasteiger partial charge in [-0.3, -0.25) is 9.59 Å². The SMILES string of the molecule is CC(C)=C(F)C(=O)CC(=O)O. The molecule has 0 unspecified atom stereocenters. The van der Waals surface area contributed by atoms with Gasteiger partial charge in [0.05, 0.1) is 0 Å². The zero-order valence-corrected chi connectivity index (χ0v) is 6.35. The molecule has 62 valence electrons. The fourth-order valence-electron chi connectivity index (χ4n) is 0.494. The largest absolute Gasteiger partial charge is 0.481 e. The van der Waals surface area contributed by atoms with Gasteiger partial charge < -0.3 is 5.11 Å². The second-order valence-electron chi connectivity index (χ2n) is 2.31. The topological polar surface area (TPSA) is 54.4 Å². The average molecular weight is 160 g/mol. The standard InChI is InChI=1S/C7H9FO3/c1-4(2)7(8)5(9)3-6(10)11/h3H2,1-2H3,(H,10,11). The lowest BCUT2D eigenvalue weighted by Crippen LogP contribution is -2.07. The van der Waals surface area contributed by atoms with Gasteiger partial charge in [-0.05, 0) is 19.4 Å². The first-order valence-corrected chi connectivity index (χ1v) is 3.03. The fraction of sp³-hybridized carbons (Fsp3) is 0.429. The van der Waals surface area contributed by atoms with Crippen molar-refractivity contribution < 1.29 is 19.1 Å². The number of rotatable bonds is 3. The highest BCUT2D eigenvalue weighted by Crippen LogP contribution is 2.07. The van der Waals surface area contributed by atoms with Crippen LogP contribution in [0.5, 0.6) is 0 Å². The highest BCUT2D eigenvalue weighted by molar-refractivity contribution is 6.03. The van der Waals surface area contributed by atoms with Crippen LogP contribution in [-0.2, 0) is 9.59 Å². The van der Waals surface area contributed by atoms with Gasteiger partial charge in [0.2, 0.25) is 5.78 Å². The van der Waals surface area contributed by atoms with Crippen molar-refractivity contribution in [3.63, 3.8) is 0 Å². The number of hydrogen-bond acceptors (Lipinski definition) is 2. The Morgan fingerprint density at radius 1 is 1.36 bits per heavy atom. The Morgan fingerprint density at radius 2 is 1.82 bits per heavy atom. The first kappa shape index (κ1) is 9.81. The molecule has 1 N–H and O–H groups in total. The maximum atomic E-state index is 12.5. The minimum absolute atomic E-state index is 0.205. The summed E-state index contributed by atoms with van der Waals surface area (Å²) >= 11 is 0. The Hall–Kier alpha value is -1.19. The molecule has 0 aliphatic heterocycles. The summed E-state index contributed by atoms with van der Waals surface area (Å²) in [4.78, 5) is 20.5. The van der Waals surface area contributed by atoms with Crippen LogP contribution in [0.2, 0.25) is 0 Å². The Balaban J connectivity index is 4.28. The van der Waals surface area contributed by atoms with E-state index in [0.29, 0.717) is 0 Å². The van der Waals surface area contributed by atoms with Crippen LogP contribution in [0.3, 0.4) is 0 Å². The van der Waals surface area contributed by atoms with Gasteiger partial charge >= 0.3 is 5.97 Å². The fourth-order valence-corrected chi connectivity index (χ4v) is 0.494. The summed E-state index contributed by atoms with van der Waals surface area (Å²) in [6, 6.07) is 0. The Kier molecular flexibility index (Phi) is 3.44. The van der Waals surface area contributed by atoms with Crippen molar-refractivity contribution in [1.82, 2.24) is 0 Å². The van der Waals surface area contributed by atoms with Crippen LogP contribution >= 0.6 is 0 Å². The second kappa shape index (κ2) is 3.85. The number of carboxylic acid groups (broad SMARTS) is 1. The number of carbonyl (C=O) groups is 2. The Bertz CT molecular complexity index is 214. The van der Waals surface area contributed by atoms with Gasteiger partial charge in [-0.15, -0.1) is 0 Å². The van der Waals surface area contributed by atoms with Crippen molar-refractivity contribution in [2.24, 2.45) is 0 Å². The molecular formula is C7H9FO3. The molecule has 0 amide bonds. The summed E-state index contributed by atoms with van der Waals surface area (Å²) in [5.41, 5.74) is 0.205. The highest BCUT2D eigenvalue weighted by atomic mass is 19.1. The summed E-state index contributed by atoms with van der Waals surface area (Å²) in [5, 5.41) is 8.10. The van der Waals surface area contributed by atoms with Crippen LogP contribution in [0.15, 0.2) is 11.4 Å². The molecule has 0 aromatic carbocycles. The second-order valence-corrected chi connectivity index (χ2v) is 2.31. The molecule has 0 spiro atoms. The third-order valence-electron chi connectivity index (χ3n) is 0.996. The molecule has 3 nitrogen and oxygen atoms in total. The zero-order chi connectivity index (χ0) is 9.02. The maximum absolute atomic E-state index is 12.5. The van der Waals surface area contributed by atoms with Crippen LogP contribution in [-0.4, -0.2) is 16.9 Å². The summed E-state index contributed by atoms with van der Waals surface area (Å²) < 4.78 is 12.5. The molecule has 0 aromatic heterocycles. The molecule has 0 radical (unpaired) electrons. The van der Waals surface area contributed by atoms with Crippen molar-refractivity contribution in [2.75, 3.05) is 0 Å². The van der Waals surface area contributed by atoms with Crippen molar-refractivity contribution in [3.05, 3.63) is 11.4 Å². The van der Waals surface area contributed by atoms with E-state index in [-0.39, 0.29) is 5.57 Å². The predicted molar refractivity (Wildman–Crippen MR) is 36.7 cm³/mol. The lowest BCUT2D eigenvalue weighted by molar-refractivity contribution is -0.139. The number of ketones is 1. The van der Waals surface area contributed by atoms with Gasteiger partial charge in [-0.25, -0.2) is 4.39 Å². The van der Waals surface area contributed by atoms with Gasteiger partial charge in [0, 0.05) is 0 Å². The predicted octanol–water partition coefficient (Wildman–Crippen LogP) is 1.29. The quantitative estimate of drug-likeness (QED) is 0.500. The molecule has 0 aliphatic rings. The number of allylic oxidation sites excluding steroid dienone is 2. The normalized spacial score (nSPS) is 9.00. The van der Waals surface area contributed by atoms with Crippen LogP contribution in [0.25, 0.3) is 0 Å². The molecule has 0 saturated heterocycles. The van der Waals surface area contributed by atoms with Crippen LogP contribution in [0.4, 0.5) is 4.39 Å². The van der Waals surface area contributed by atoms with Gasteiger partial charge in [-0.1, -0.05) is 0 Å². The third kappa shape index (κ3) is 3.50. The highest BCUT2D eigenvalue weighted by Gasteiger charge is 2.13. The van der Waals surface area contributed by atoms with Crippen LogP contribution < -0.4 is 0 Å². The summed E-state index contributed by atoms with van der Waals surface area (Å²) in [7, 11) is 0. The van der Waals surface area contributed by atoms with Gasteiger partial charge in [-0.2, -0.15) is 0 Å². The minimum Gasteiger partial charge on any atom is -0.481 e. The molecule has 0 rings (SSSR count). The number of carbonyl (C=O) groups excluding carboxylic acids is 1. The molecule has 0 heterocycles. The number of aliphatic carboxylic acids is 1. The van der Waals surface area contributed by atoms with Crippen molar-refractivity contribution in [3.8, 4) is 0 Å². The van der Waals surface area contributed by atoms with E-state index in [0.717, 1.165) is 0 Å². The van der Waals surface area contributed by atoms with Crippen molar-refractivity contribution >= 4 is 11.8 Å². The van der Waals surface area contributed by atoms with E-state index in [4.69, 9.17) is 5.11 Å². The molecule has 0 bridgehead atoms. The summed E-state index contributed by atoms with van der Waals surface area (Å²) in [6.45, 7) is 2.82. The minimum atomic E-state index is -1.31. The van der Waals surface area contributed by atoms with Crippen LogP contribution in [0, 0.1) is 0 Å².